The topological polar surface area (TPSA) is 55.2 Å². The SMILES string of the molecule is CN(C)S(=O)(=O)n1ccc(C(F)(F)F)n1.ClCCl. The van der Waals surface area contributed by atoms with Crippen molar-refractivity contribution in [3.8, 4) is 0 Å². The van der Waals surface area contributed by atoms with Gasteiger partial charge in [0, 0.05) is 20.3 Å². The predicted octanol–water partition coefficient (Wildman–Crippen LogP) is 1.98. The van der Waals surface area contributed by atoms with E-state index in [0.29, 0.717) is 6.07 Å². The molecule has 106 valence electrons. The van der Waals surface area contributed by atoms with E-state index >= 15 is 0 Å². The van der Waals surface area contributed by atoms with Gasteiger partial charge >= 0.3 is 16.4 Å². The van der Waals surface area contributed by atoms with E-state index < -0.39 is 22.1 Å². The summed E-state index contributed by atoms with van der Waals surface area (Å²) < 4.78 is 60.0. The van der Waals surface area contributed by atoms with Gasteiger partial charge < -0.3 is 0 Å². The van der Waals surface area contributed by atoms with Crippen LogP contribution >= 0.6 is 23.2 Å². The van der Waals surface area contributed by atoms with Gasteiger partial charge in [-0.15, -0.1) is 23.2 Å². The van der Waals surface area contributed by atoms with E-state index in [0.717, 1.165) is 10.5 Å². The van der Waals surface area contributed by atoms with Crippen molar-refractivity contribution in [3.05, 3.63) is 18.0 Å². The molecule has 0 saturated heterocycles. The maximum atomic E-state index is 12.1. The zero-order valence-electron chi connectivity index (χ0n) is 9.32. The lowest BCUT2D eigenvalue weighted by Gasteiger charge is -2.10. The van der Waals surface area contributed by atoms with Gasteiger partial charge in [-0.2, -0.15) is 35.1 Å². The molecule has 0 unspecified atom stereocenters. The van der Waals surface area contributed by atoms with Crippen LogP contribution in [-0.2, 0) is 16.4 Å². The minimum absolute atomic E-state index is 0.194. The van der Waals surface area contributed by atoms with Crippen molar-refractivity contribution < 1.29 is 21.6 Å². The standard InChI is InChI=1S/C6H8F3N3O2S.CH2Cl2/c1-11(2)15(13,14)12-4-3-5(10-12)6(7,8)9;2-1-3/h3-4H,1-2H3;1H2. The van der Waals surface area contributed by atoms with Gasteiger partial charge in [-0.3, -0.25) is 0 Å². The minimum atomic E-state index is -4.65. The summed E-state index contributed by atoms with van der Waals surface area (Å²) in [7, 11) is -1.58. The van der Waals surface area contributed by atoms with E-state index in [9.17, 15) is 21.6 Å². The fourth-order valence-corrected chi connectivity index (χ4v) is 1.49. The van der Waals surface area contributed by atoms with Gasteiger partial charge in [0.25, 0.3) is 0 Å². The molecule has 0 aliphatic rings. The molecule has 11 heteroatoms. The highest BCUT2D eigenvalue weighted by atomic mass is 35.5. The lowest BCUT2D eigenvalue weighted by Crippen LogP contribution is -2.29. The van der Waals surface area contributed by atoms with E-state index in [1.807, 2.05) is 0 Å². The quantitative estimate of drug-likeness (QED) is 0.780. The first kappa shape index (κ1) is 17.5. The fourth-order valence-electron chi connectivity index (χ4n) is 0.754. The number of nitrogens with zero attached hydrogens (tertiary/aromatic N) is 3. The molecule has 1 heterocycles. The Labute approximate surface area is 112 Å². The molecule has 0 saturated carbocycles. The molecule has 0 spiro atoms. The van der Waals surface area contributed by atoms with Crippen molar-refractivity contribution in [1.29, 1.82) is 0 Å². The first-order valence-electron chi connectivity index (χ1n) is 4.25. The van der Waals surface area contributed by atoms with Crippen LogP contribution in [0.15, 0.2) is 12.3 Å². The third-order valence-electron chi connectivity index (χ3n) is 1.55. The first-order chi connectivity index (χ1) is 8.07. The van der Waals surface area contributed by atoms with Gasteiger partial charge in [-0.05, 0) is 6.07 Å². The molecule has 0 amide bonds. The van der Waals surface area contributed by atoms with Gasteiger partial charge in [-0.25, -0.2) is 0 Å². The summed E-state index contributed by atoms with van der Waals surface area (Å²) in [5, 5.41) is 3.13. The second-order valence-corrected chi connectivity index (χ2v) is 5.77. The Kier molecular flexibility index (Phi) is 6.41. The molecule has 0 N–H and O–H groups in total. The Morgan fingerprint density at radius 2 is 1.83 bits per heavy atom. The summed E-state index contributed by atoms with van der Waals surface area (Å²) in [6.45, 7) is 0. The first-order valence-corrected chi connectivity index (χ1v) is 6.71. The summed E-state index contributed by atoms with van der Waals surface area (Å²) in [6, 6.07) is 0.598. The van der Waals surface area contributed by atoms with Crippen LogP contribution in [0.3, 0.4) is 0 Å². The fraction of sp³-hybridized carbons (Fsp3) is 0.571. The molecule has 0 bridgehead atoms. The molecule has 18 heavy (non-hydrogen) atoms. The smallest absolute Gasteiger partial charge is 0.189 e. The number of hydrogen-bond acceptors (Lipinski definition) is 3. The number of hydrogen-bond donors (Lipinski definition) is 0. The van der Waals surface area contributed by atoms with Crippen LogP contribution in [0.1, 0.15) is 5.69 Å². The zero-order valence-corrected chi connectivity index (χ0v) is 11.6. The van der Waals surface area contributed by atoms with Gasteiger partial charge in [-0.1, -0.05) is 0 Å². The Balaban J connectivity index is 0.000000873. The highest BCUT2D eigenvalue weighted by Gasteiger charge is 2.34. The van der Waals surface area contributed by atoms with Crippen LogP contribution in [0.25, 0.3) is 0 Å². The van der Waals surface area contributed by atoms with E-state index in [2.05, 4.69) is 5.10 Å². The minimum Gasteiger partial charge on any atom is -0.189 e. The summed E-state index contributed by atoms with van der Waals surface area (Å²) >= 11 is 9.53. The molecule has 0 aromatic carbocycles. The van der Waals surface area contributed by atoms with Crippen LogP contribution in [0.5, 0.6) is 0 Å². The zero-order chi connectivity index (χ0) is 14.6. The van der Waals surface area contributed by atoms with Crippen molar-refractivity contribution in [2.45, 2.75) is 6.18 Å². The van der Waals surface area contributed by atoms with Gasteiger partial charge in [0.15, 0.2) is 5.69 Å². The van der Waals surface area contributed by atoms with Crippen LogP contribution < -0.4 is 0 Å². The van der Waals surface area contributed by atoms with Crippen molar-refractivity contribution >= 4 is 33.4 Å². The molecule has 1 aromatic heterocycles. The third-order valence-corrected chi connectivity index (χ3v) is 3.15. The molecular formula is C7H10Cl2F3N3O2S. The second kappa shape index (κ2) is 6.60. The number of aromatic nitrogens is 2. The van der Waals surface area contributed by atoms with Gasteiger partial charge in [0.1, 0.15) is 0 Å². The van der Waals surface area contributed by atoms with E-state index in [4.69, 9.17) is 23.2 Å². The van der Waals surface area contributed by atoms with Crippen molar-refractivity contribution in [2.75, 3.05) is 19.4 Å². The molecule has 0 radical (unpaired) electrons. The van der Waals surface area contributed by atoms with Crippen LogP contribution in [0.4, 0.5) is 13.2 Å². The Morgan fingerprint density at radius 3 is 2.11 bits per heavy atom. The lowest BCUT2D eigenvalue weighted by atomic mass is 10.4. The highest BCUT2D eigenvalue weighted by molar-refractivity contribution is 7.87. The largest absolute Gasteiger partial charge is 0.435 e. The Bertz CT molecular complexity index is 473. The molecule has 0 atom stereocenters. The lowest BCUT2D eigenvalue weighted by molar-refractivity contribution is -0.141. The monoisotopic (exact) mass is 327 g/mol. The van der Waals surface area contributed by atoms with E-state index in [1.165, 1.54) is 14.1 Å². The van der Waals surface area contributed by atoms with Crippen molar-refractivity contribution in [1.82, 2.24) is 13.5 Å². The molecule has 1 rings (SSSR count). The Morgan fingerprint density at radius 1 is 1.39 bits per heavy atom. The summed E-state index contributed by atoms with van der Waals surface area (Å²) in [5.41, 5.74) is -1.24. The molecule has 0 aliphatic heterocycles. The highest BCUT2D eigenvalue weighted by Crippen LogP contribution is 2.27. The Hall–Kier alpha value is -0.510. The average molecular weight is 328 g/mol. The summed E-state index contributed by atoms with van der Waals surface area (Å²) in [5.74, 6) is 0. The van der Waals surface area contributed by atoms with Crippen LogP contribution in [0.2, 0.25) is 0 Å². The predicted molar refractivity (Wildman–Crippen MR) is 61.8 cm³/mol. The normalized spacial score (nSPS) is 12.2. The number of halogens is 5. The maximum Gasteiger partial charge on any atom is 0.435 e. The average Bonchev–Trinajstić information content (AvgIpc) is 2.66. The van der Waals surface area contributed by atoms with Crippen LogP contribution in [-0.4, -0.2) is 41.3 Å². The van der Waals surface area contributed by atoms with E-state index in [1.54, 1.807) is 0 Å². The van der Waals surface area contributed by atoms with E-state index in [-0.39, 0.29) is 9.43 Å². The molecule has 5 nitrogen and oxygen atoms in total. The van der Waals surface area contributed by atoms with Crippen molar-refractivity contribution in [3.63, 3.8) is 0 Å². The summed E-state index contributed by atoms with van der Waals surface area (Å²) in [6.07, 6.45) is -3.90. The molecular weight excluding hydrogens is 318 g/mol. The second-order valence-electron chi connectivity index (χ2n) is 2.96. The number of rotatable bonds is 2. The third kappa shape index (κ3) is 4.63. The van der Waals surface area contributed by atoms with Crippen molar-refractivity contribution in [2.24, 2.45) is 0 Å². The molecule has 0 fully saturated rings. The maximum absolute atomic E-state index is 12.1. The summed E-state index contributed by atoms with van der Waals surface area (Å²) in [4.78, 5) is 0. The number of alkyl halides is 5. The molecule has 0 aliphatic carbocycles. The van der Waals surface area contributed by atoms with Gasteiger partial charge in [0.05, 0.1) is 5.34 Å². The molecule has 1 aromatic rings. The van der Waals surface area contributed by atoms with Crippen LogP contribution in [0, 0.1) is 0 Å². The van der Waals surface area contributed by atoms with Gasteiger partial charge in [0.2, 0.25) is 0 Å².